The van der Waals surface area contributed by atoms with Crippen molar-refractivity contribution in [1.29, 1.82) is 0 Å². The molecule has 0 unspecified atom stereocenters. The zero-order valence-corrected chi connectivity index (χ0v) is 15.0. The number of aliphatic carboxylic acids is 1. The van der Waals surface area contributed by atoms with E-state index in [1.165, 1.54) is 11.3 Å². The normalized spacial score (nSPS) is 12.2. The van der Waals surface area contributed by atoms with Gasteiger partial charge in [-0.15, -0.1) is 11.3 Å². The number of carboxylic acid groups (broad SMARTS) is 1. The smallest absolute Gasteiger partial charge is 0.326 e. The third-order valence-corrected chi connectivity index (χ3v) is 4.48. The summed E-state index contributed by atoms with van der Waals surface area (Å²) in [6.45, 7) is 3.83. The summed E-state index contributed by atoms with van der Waals surface area (Å²) >= 11 is 7.39. The lowest BCUT2D eigenvalue weighted by atomic mass is 10.0. The summed E-state index contributed by atoms with van der Waals surface area (Å²) in [5.41, 5.74) is 1.50. The first-order valence-electron chi connectivity index (χ1n) is 7.57. The predicted octanol–water partition coefficient (Wildman–Crippen LogP) is 3.62. The van der Waals surface area contributed by atoms with E-state index < -0.39 is 12.0 Å². The van der Waals surface area contributed by atoms with E-state index in [1.54, 1.807) is 11.4 Å². The lowest BCUT2D eigenvalue weighted by molar-refractivity contribution is -0.142. The zero-order valence-electron chi connectivity index (χ0n) is 13.5. The van der Waals surface area contributed by atoms with Crippen molar-refractivity contribution in [3.05, 3.63) is 40.4 Å². The number of carbonyl (C=O) groups excluding carboxylic acids is 1. The van der Waals surface area contributed by atoms with Gasteiger partial charge in [-0.05, 0) is 24.5 Å². The van der Waals surface area contributed by atoms with Crippen molar-refractivity contribution < 1.29 is 14.7 Å². The summed E-state index contributed by atoms with van der Waals surface area (Å²) in [6.07, 6.45) is 0.449. The molecule has 1 amide bonds. The fourth-order valence-electron chi connectivity index (χ4n) is 2.25. The molecule has 0 aliphatic heterocycles. The number of hydrogen-bond acceptors (Lipinski definition) is 4. The van der Waals surface area contributed by atoms with Crippen LogP contribution in [0.25, 0.3) is 10.6 Å². The second-order valence-corrected chi connectivity index (χ2v) is 7.21. The van der Waals surface area contributed by atoms with Gasteiger partial charge in [0.05, 0.1) is 12.1 Å². The molecule has 5 nitrogen and oxygen atoms in total. The van der Waals surface area contributed by atoms with E-state index in [2.05, 4.69) is 10.3 Å². The van der Waals surface area contributed by atoms with Crippen molar-refractivity contribution in [2.45, 2.75) is 32.7 Å². The van der Waals surface area contributed by atoms with Crippen molar-refractivity contribution in [1.82, 2.24) is 10.3 Å². The molecule has 2 aromatic rings. The Balaban J connectivity index is 2.01. The molecule has 1 atom stereocenters. The number of benzene rings is 1. The number of carbonyl (C=O) groups is 2. The topological polar surface area (TPSA) is 79.3 Å². The van der Waals surface area contributed by atoms with Gasteiger partial charge in [-0.25, -0.2) is 9.78 Å². The lowest BCUT2D eigenvalue weighted by Gasteiger charge is -2.16. The Morgan fingerprint density at radius 2 is 2.12 bits per heavy atom. The van der Waals surface area contributed by atoms with Gasteiger partial charge in [-0.1, -0.05) is 37.6 Å². The van der Waals surface area contributed by atoms with Crippen molar-refractivity contribution in [2.75, 3.05) is 0 Å². The minimum Gasteiger partial charge on any atom is -0.480 e. The molecule has 1 aromatic heterocycles. The summed E-state index contributed by atoms with van der Waals surface area (Å²) in [4.78, 5) is 27.7. The summed E-state index contributed by atoms with van der Waals surface area (Å²) in [5, 5.41) is 14.9. The third-order valence-electron chi connectivity index (χ3n) is 3.31. The van der Waals surface area contributed by atoms with Crippen LogP contribution in [0.4, 0.5) is 0 Å². The summed E-state index contributed by atoms with van der Waals surface area (Å²) in [6, 6.07) is 6.47. The van der Waals surface area contributed by atoms with Gasteiger partial charge in [-0.3, -0.25) is 4.79 Å². The van der Waals surface area contributed by atoms with Gasteiger partial charge < -0.3 is 10.4 Å². The molecule has 0 bridgehead atoms. The Hall–Kier alpha value is -1.92. The largest absolute Gasteiger partial charge is 0.480 e. The van der Waals surface area contributed by atoms with Crippen molar-refractivity contribution >= 4 is 34.8 Å². The SMILES string of the molecule is CC(C)C[C@@H](NC(=O)Cc1csc(-c2cccc(Cl)c2)n1)C(=O)O. The Kier molecular flexibility index (Phi) is 6.34. The van der Waals surface area contributed by atoms with E-state index in [9.17, 15) is 14.7 Å². The molecule has 0 aliphatic carbocycles. The molecule has 1 heterocycles. The third kappa shape index (κ3) is 5.32. The van der Waals surface area contributed by atoms with E-state index in [1.807, 2.05) is 32.0 Å². The van der Waals surface area contributed by atoms with E-state index in [0.29, 0.717) is 17.1 Å². The highest BCUT2D eigenvalue weighted by atomic mass is 35.5. The summed E-state index contributed by atoms with van der Waals surface area (Å²) in [5.74, 6) is -1.18. The maximum Gasteiger partial charge on any atom is 0.326 e. The maximum absolute atomic E-state index is 12.1. The molecular weight excluding hydrogens is 348 g/mol. The molecule has 24 heavy (non-hydrogen) atoms. The van der Waals surface area contributed by atoms with Gasteiger partial charge in [0.2, 0.25) is 5.91 Å². The Bertz CT molecular complexity index is 730. The highest BCUT2D eigenvalue weighted by Gasteiger charge is 2.21. The van der Waals surface area contributed by atoms with E-state index in [4.69, 9.17) is 11.6 Å². The molecule has 0 spiro atoms. The quantitative estimate of drug-likeness (QED) is 0.784. The molecule has 2 N–H and O–H groups in total. The van der Waals surface area contributed by atoms with Crippen LogP contribution in [0.1, 0.15) is 26.0 Å². The zero-order chi connectivity index (χ0) is 17.7. The summed E-state index contributed by atoms with van der Waals surface area (Å²) in [7, 11) is 0. The first-order chi connectivity index (χ1) is 11.3. The van der Waals surface area contributed by atoms with Crippen molar-refractivity contribution in [3.63, 3.8) is 0 Å². The number of rotatable bonds is 7. The van der Waals surface area contributed by atoms with Gasteiger partial charge in [0, 0.05) is 16.0 Å². The number of aromatic nitrogens is 1. The molecule has 0 saturated heterocycles. The fraction of sp³-hybridized carbons (Fsp3) is 0.353. The number of thiazole rings is 1. The fourth-order valence-corrected chi connectivity index (χ4v) is 3.25. The molecular formula is C17H19ClN2O3S. The van der Waals surface area contributed by atoms with E-state index >= 15 is 0 Å². The van der Waals surface area contributed by atoms with Crippen LogP contribution in [-0.2, 0) is 16.0 Å². The van der Waals surface area contributed by atoms with Crippen LogP contribution in [0.3, 0.4) is 0 Å². The van der Waals surface area contributed by atoms with Crippen LogP contribution in [0.15, 0.2) is 29.6 Å². The highest BCUT2D eigenvalue weighted by Crippen LogP contribution is 2.26. The average molecular weight is 367 g/mol. The van der Waals surface area contributed by atoms with Crippen molar-refractivity contribution in [3.8, 4) is 10.6 Å². The number of hydrogen-bond donors (Lipinski definition) is 2. The van der Waals surface area contributed by atoms with E-state index in [0.717, 1.165) is 10.6 Å². The first-order valence-corrected chi connectivity index (χ1v) is 8.83. The predicted molar refractivity (Wildman–Crippen MR) is 95.3 cm³/mol. The maximum atomic E-state index is 12.1. The van der Waals surface area contributed by atoms with Crippen LogP contribution in [-0.4, -0.2) is 28.0 Å². The minimum absolute atomic E-state index is 0.0545. The average Bonchev–Trinajstić information content (AvgIpc) is 2.94. The Morgan fingerprint density at radius 3 is 2.75 bits per heavy atom. The van der Waals surface area contributed by atoms with Gasteiger partial charge in [0.1, 0.15) is 11.0 Å². The van der Waals surface area contributed by atoms with Crippen LogP contribution in [0.5, 0.6) is 0 Å². The molecule has 0 aliphatic rings. The van der Waals surface area contributed by atoms with Crippen LogP contribution in [0.2, 0.25) is 5.02 Å². The second kappa shape index (κ2) is 8.26. The molecule has 0 saturated carbocycles. The van der Waals surface area contributed by atoms with Gasteiger partial charge in [-0.2, -0.15) is 0 Å². The molecule has 128 valence electrons. The highest BCUT2D eigenvalue weighted by molar-refractivity contribution is 7.13. The van der Waals surface area contributed by atoms with Crippen LogP contribution >= 0.6 is 22.9 Å². The second-order valence-electron chi connectivity index (χ2n) is 5.92. The monoisotopic (exact) mass is 366 g/mol. The minimum atomic E-state index is -1.02. The van der Waals surface area contributed by atoms with Crippen molar-refractivity contribution in [2.24, 2.45) is 5.92 Å². The molecule has 1 aromatic carbocycles. The Labute approximate surface area is 149 Å². The lowest BCUT2D eigenvalue weighted by Crippen LogP contribution is -2.42. The van der Waals surface area contributed by atoms with Gasteiger partial charge in [0.25, 0.3) is 0 Å². The number of carboxylic acids is 1. The molecule has 2 rings (SSSR count). The molecule has 7 heteroatoms. The number of amides is 1. The van der Waals surface area contributed by atoms with Crippen LogP contribution in [0, 0.1) is 5.92 Å². The van der Waals surface area contributed by atoms with E-state index in [-0.39, 0.29) is 18.2 Å². The molecule has 0 radical (unpaired) electrons. The van der Waals surface area contributed by atoms with Gasteiger partial charge >= 0.3 is 5.97 Å². The molecule has 0 fully saturated rings. The first kappa shape index (κ1) is 18.4. The van der Waals surface area contributed by atoms with Crippen LogP contribution < -0.4 is 5.32 Å². The standard InChI is InChI=1S/C17H19ClN2O3S/c1-10(2)6-14(17(22)23)20-15(21)8-13-9-24-16(19-13)11-4-3-5-12(18)7-11/h3-5,7,9-10,14H,6,8H2,1-2H3,(H,20,21)(H,22,23)/t14-/m1/s1. The Morgan fingerprint density at radius 1 is 1.38 bits per heavy atom. The van der Waals surface area contributed by atoms with Gasteiger partial charge in [0.15, 0.2) is 0 Å². The number of nitrogens with one attached hydrogen (secondary N) is 1. The number of nitrogens with zero attached hydrogens (tertiary/aromatic N) is 1. The summed E-state index contributed by atoms with van der Waals surface area (Å²) < 4.78 is 0. The number of halogens is 1.